The van der Waals surface area contributed by atoms with E-state index in [0.717, 1.165) is 23.4 Å². The van der Waals surface area contributed by atoms with Crippen LogP contribution in [-0.2, 0) is 17.0 Å². The number of amides is 1. The highest BCUT2D eigenvalue weighted by Crippen LogP contribution is 2.16. The van der Waals surface area contributed by atoms with Crippen molar-refractivity contribution in [3.8, 4) is 0 Å². The smallest absolute Gasteiger partial charge is 0.230 e. The van der Waals surface area contributed by atoms with E-state index >= 15 is 0 Å². The number of aliphatic hydroxyl groups is 1. The highest BCUT2D eigenvalue weighted by atomic mass is 32.2. The number of thiazole rings is 1. The first-order valence-corrected chi connectivity index (χ1v) is 9.26. The maximum Gasteiger partial charge on any atom is 0.230 e. The van der Waals surface area contributed by atoms with Crippen molar-refractivity contribution in [2.45, 2.75) is 25.1 Å². The number of rotatable bonds is 8. The average Bonchev–Trinajstić information content (AvgIpc) is 3.06. The van der Waals surface area contributed by atoms with Crippen molar-refractivity contribution >= 4 is 29.0 Å². The van der Waals surface area contributed by atoms with Crippen LogP contribution in [0.15, 0.2) is 35.2 Å². The molecule has 1 heterocycles. The Kier molecular flexibility index (Phi) is 6.89. The number of benzene rings is 1. The summed E-state index contributed by atoms with van der Waals surface area (Å²) < 4.78 is 0. The van der Waals surface area contributed by atoms with Crippen molar-refractivity contribution in [3.05, 3.63) is 52.0 Å². The molecule has 1 aromatic heterocycles. The van der Waals surface area contributed by atoms with E-state index < -0.39 is 0 Å². The zero-order valence-corrected chi connectivity index (χ0v) is 14.1. The Morgan fingerprint density at radius 1 is 1.41 bits per heavy atom. The molecule has 0 fully saturated rings. The van der Waals surface area contributed by atoms with Gasteiger partial charge in [0.05, 0.1) is 29.6 Å². The fourth-order valence-corrected chi connectivity index (χ4v) is 3.41. The van der Waals surface area contributed by atoms with Gasteiger partial charge in [0.2, 0.25) is 5.91 Å². The van der Waals surface area contributed by atoms with Crippen LogP contribution in [0, 0.1) is 0 Å². The van der Waals surface area contributed by atoms with Crippen LogP contribution in [0.3, 0.4) is 0 Å². The van der Waals surface area contributed by atoms with E-state index in [9.17, 15) is 9.90 Å². The Bertz CT molecular complexity index is 570. The van der Waals surface area contributed by atoms with Gasteiger partial charge < -0.3 is 10.4 Å². The number of hydrogen-bond acceptors (Lipinski definition) is 5. The fourth-order valence-electron chi connectivity index (χ4n) is 2.01. The number of thioether (sulfide) groups is 1. The van der Waals surface area contributed by atoms with Gasteiger partial charge in [0.15, 0.2) is 0 Å². The third-order valence-electron chi connectivity index (χ3n) is 3.27. The van der Waals surface area contributed by atoms with Gasteiger partial charge in [0.1, 0.15) is 0 Å². The highest BCUT2D eigenvalue weighted by Gasteiger charge is 2.13. The third kappa shape index (κ3) is 5.12. The third-order valence-corrected chi connectivity index (χ3v) is 4.88. The second-order valence-corrected chi connectivity index (χ2v) is 6.57. The van der Waals surface area contributed by atoms with Crippen LogP contribution >= 0.6 is 23.1 Å². The topological polar surface area (TPSA) is 62.2 Å². The number of nitrogens with one attached hydrogen (secondary N) is 1. The second kappa shape index (κ2) is 8.92. The van der Waals surface area contributed by atoms with Crippen molar-refractivity contribution in [1.29, 1.82) is 0 Å². The summed E-state index contributed by atoms with van der Waals surface area (Å²) in [7, 11) is 0. The van der Waals surface area contributed by atoms with E-state index in [1.165, 1.54) is 17.3 Å². The Hall–Kier alpha value is -1.37. The molecule has 0 saturated heterocycles. The van der Waals surface area contributed by atoms with Crippen LogP contribution < -0.4 is 5.32 Å². The minimum Gasteiger partial charge on any atom is -0.394 e. The lowest BCUT2D eigenvalue weighted by molar-refractivity contribution is -0.119. The molecule has 22 heavy (non-hydrogen) atoms. The molecule has 0 bridgehead atoms. The number of aliphatic hydroxyl groups excluding tert-OH is 1. The zero-order chi connectivity index (χ0) is 15.8. The van der Waals surface area contributed by atoms with E-state index in [4.69, 9.17) is 0 Å². The minimum atomic E-state index is -0.349. The van der Waals surface area contributed by atoms with Crippen molar-refractivity contribution in [1.82, 2.24) is 10.3 Å². The summed E-state index contributed by atoms with van der Waals surface area (Å²) >= 11 is 3.08. The highest BCUT2D eigenvalue weighted by molar-refractivity contribution is 7.99. The van der Waals surface area contributed by atoms with Gasteiger partial charge in [-0.15, -0.1) is 23.1 Å². The molecule has 0 aliphatic carbocycles. The summed E-state index contributed by atoms with van der Waals surface area (Å²) in [6.45, 7) is 1.99. The molecule has 2 aromatic rings. The quantitative estimate of drug-likeness (QED) is 0.778. The molecular weight excluding hydrogens is 316 g/mol. The van der Waals surface area contributed by atoms with Gasteiger partial charge in [-0.2, -0.15) is 0 Å². The summed E-state index contributed by atoms with van der Waals surface area (Å²) in [5, 5.41) is 14.4. The maximum atomic E-state index is 12.0. The number of aryl methyl sites for hydroxylation is 1. The summed E-state index contributed by atoms with van der Waals surface area (Å²) in [5.74, 6) is 1.02. The van der Waals surface area contributed by atoms with Gasteiger partial charge in [-0.05, 0) is 17.5 Å². The van der Waals surface area contributed by atoms with E-state index in [0.29, 0.717) is 5.75 Å². The van der Waals surface area contributed by atoms with Crippen molar-refractivity contribution in [3.63, 3.8) is 0 Å². The summed E-state index contributed by atoms with van der Waals surface area (Å²) in [6, 6.07) is 7.63. The predicted molar refractivity (Wildman–Crippen MR) is 92.1 cm³/mol. The lowest BCUT2D eigenvalue weighted by Gasteiger charge is -2.17. The monoisotopic (exact) mass is 336 g/mol. The van der Waals surface area contributed by atoms with Gasteiger partial charge in [-0.1, -0.05) is 31.2 Å². The normalized spacial score (nSPS) is 12.1. The van der Waals surface area contributed by atoms with Gasteiger partial charge in [0.25, 0.3) is 0 Å². The van der Waals surface area contributed by atoms with E-state index in [-0.39, 0.29) is 18.6 Å². The lowest BCUT2D eigenvalue weighted by Crippen LogP contribution is -2.32. The molecule has 2 N–H and O–H groups in total. The van der Waals surface area contributed by atoms with Crippen LogP contribution in [0.1, 0.15) is 29.8 Å². The van der Waals surface area contributed by atoms with Gasteiger partial charge >= 0.3 is 0 Å². The van der Waals surface area contributed by atoms with Gasteiger partial charge in [-0.3, -0.25) is 4.79 Å². The average molecular weight is 336 g/mol. The minimum absolute atomic E-state index is 0.0705. The maximum absolute atomic E-state index is 12.0. The van der Waals surface area contributed by atoms with Gasteiger partial charge in [0, 0.05) is 11.1 Å². The SMILES string of the molecule is CCc1ccc(C(CO)NC(=O)CSCc2cscn2)cc1. The summed E-state index contributed by atoms with van der Waals surface area (Å²) in [6.07, 6.45) is 0.976. The zero-order valence-electron chi connectivity index (χ0n) is 12.5. The number of carbonyl (C=O) groups is 1. The van der Waals surface area contributed by atoms with Crippen LogP contribution in [0.5, 0.6) is 0 Å². The van der Waals surface area contributed by atoms with Crippen LogP contribution in [0.2, 0.25) is 0 Å². The first-order valence-electron chi connectivity index (χ1n) is 7.16. The first-order chi connectivity index (χ1) is 10.7. The Morgan fingerprint density at radius 2 is 2.18 bits per heavy atom. The van der Waals surface area contributed by atoms with E-state index in [1.54, 1.807) is 16.8 Å². The molecule has 0 spiro atoms. The number of hydrogen-bond donors (Lipinski definition) is 2. The molecule has 2 rings (SSSR count). The van der Waals surface area contributed by atoms with Crippen LogP contribution in [-0.4, -0.2) is 28.4 Å². The molecule has 1 unspecified atom stereocenters. The number of carbonyl (C=O) groups excluding carboxylic acids is 1. The molecule has 0 radical (unpaired) electrons. The van der Waals surface area contributed by atoms with Crippen molar-refractivity contribution in [2.24, 2.45) is 0 Å². The standard InChI is InChI=1S/C16H20N2O2S2/c1-2-12-3-5-13(6-4-12)15(7-19)18-16(20)10-21-8-14-9-22-11-17-14/h3-6,9,11,15,19H,2,7-8,10H2,1H3,(H,18,20). The molecule has 0 aliphatic heterocycles. The van der Waals surface area contributed by atoms with E-state index in [2.05, 4.69) is 17.2 Å². The molecule has 1 atom stereocenters. The summed E-state index contributed by atoms with van der Waals surface area (Å²) in [4.78, 5) is 16.2. The van der Waals surface area contributed by atoms with Crippen LogP contribution in [0.4, 0.5) is 0 Å². The molecule has 1 aromatic carbocycles. The van der Waals surface area contributed by atoms with E-state index in [1.807, 2.05) is 29.6 Å². The fraction of sp³-hybridized carbons (Fsp3) is 0.375. The molecule has 4 nitrogen and oxygen atoms in total. The molecule has 0 aliphatic rings. The van der Waals surface area contributed by atoms with Crippen LogP contribution in [0.25, 0.3) is 0 Å². The first kappa shape index (κ1) is 17.0. The largest absolute Gasteiger partial charge is 0.394 e. The molecule has 1 amide bonds. The Labute approximate surface area is 139 Å². The molecule has 118 valence electrons. The predicted octanol–water partition coefficient (Wildman–Crippen LogP) is 2.79. The number of aromatic nitrogens is 1. The molecule has 0 saturated carbocycles. The number of nitrogens with zero attached hydrogens (tertiary/aromatic N) is 1. The van der Waals surface area contributed by atoms with Crippen molar-refractivity contribution in [2.75, 3.05) is 12.4 Å². The Morgan fingerprint density at radius 3 is 2.77 bits per heavy atom. The Balaban J connectivity index is 1.81. The molecular formula is C16H20N2O2S2. The molecule has 6 heteroatoms. The summed E-state index contributed by atoms with van der Waals surface area (Å²) in [5.41, 5.74) is 4.96. The second-order valence-electron chi connectivity index (χ2n) is 4.87. The van der Waals surface area contributed by atoms with Crippen molar-refractivity contribution < 1.29 is 9.90 Å². The lowest BCUT2D eigenvalue weighted by atomic mass is 10.0. The van der Waals surface area contributed by atoms with Gasteiger partial charge in [-0.25, -0.2) is 4.98 Å².